The summed E-state index contributed by atoms with van der Waals surface area (Å²) in [5.41, 5.74) is 7.12. The van der Waals surface area contributed by atoms with Crippen LogP contribution in [0.3, 0.4) is 0 Å². The van der Waals surface area contributed by atoms with Crippen molar-refractivity contribution < 1.29 is 56.2 Å². The molecular weight excluding hydrogens is 153 g/mol. The molecule has 0 radical (unpaired) electrons. The molecule has 1 amide bonds. The Morgan fingerprint density at radius 3 is 2.00 bits per heavy atom. The van der Waals surface area contributed by atoms with Crippen LogP contribution in [0.25, 0.3) is 5.73 Å². The Morgan fingerprint density at radius 2 is 1.70 bits per heavy atom. The third-order valence-corrected chi connectivity index (χ3v) is 1.04. The van der Waals surface area contributed by atoms with Gasteiger partial charge in [0.1, 0.15) is 0 Å². The third-order valence-electron chi connectivity index (χ3n) is 1.04. The van der Waals surface area contributed by atoms with Crippen LogP contribution >= 0.6 is 0 Å². The van der Waals surface area contributed by atoms with Gasteiger partial charge in [-0.3, -0.25) is 0 Å². The Bertz CT molecular complexity index is 210. The molecular formula is C7H6KNO. The molecule has 1 N–H and O–H groups in total. The van der Waals surface area contributed by atoms with E-state index in [1.54, 1.807) is 24.3 Å². The van der Waals surface area contributed by atoms with Crippen molar-refractivity contribution in [1.29, 1.82) is 0 Å². The number of rotatable bonds is 1. The minimum absolute atomic E-state index is 0. The summed E-state index contributed by atoms with van der Waals surface area (Å²) >= 11 is 0. The van der Waals surface area contributed by atoms with E-state index in [0.29, 0.717) is 5.56 Å². The zero-order valence-electron chi connectivity index (χ0n) is 5.79. The van der Waals surface area contributed by atoms with Crippen molar-refractivity contribution in [2.24, 2.45) is 0 Å². The minimum Gasteiger partial charge on any atom is -0.664 e. The fourth-order valence-corrected chi connectivity index (χ4v) is 0.590. The van der Waals surface area contributed by atoms with Gasteiger partial charge in [0.05, 0.1) is 5.91 Å². The minimum atomic E-state index is -0.629. The molecule has 0 aliphatic rings. The molecule has 1 aromatic carbocycles. The number of amides is 1. The number of hydrogen-bond donors (Lipinski definition) is 0. The number of carbonyl (C=O) groups excluding carboxylic acids is 1. The van der Waals surface area contributed by atoms with Crippen LogP contribution < -0.4 is 51.4 Å². The second-order valence-corrected chi connectivity index (χ2v) is 1.70. The van der Waals surface area contributed by atoms with Gasteiger partial charge in [-0.25, -0.2) is 0 Å². The molecule has 10 heavy (non-hydrogen) atoms. The largest absolute Gasteiger partial charge is 1.00 e. The predicted molar refractivity (Wildman–Crippen MR) is 35.1 cm³/mol. The maximum Gasteiger partial charge on any atom is 1.00 e. The van der Waals surface area contributed by atoms with E-state index in [0.717, 1.165) is 0 Å². The zero-order valence-corrected chi connectivity index (χ0v) is 8.92. The Morgan fingerprint density at radius 1 is 1.20 bits per heavy atom. The van der Waals surface area contributed by atoms with Crippen LogP contribution in [0, 0.1) is 0 Å². The molecule has 0 spiro atoms. The van der Waals surface area contributed by atoms with E-state index in [1.165, 1.54) is 0 Å². The Labute approximate surface area is 102 Å². The number of hydrogen-bond acceptors (Lipinski definition) is 1. The van der Waals surface area contributed by atoms with E-state index in [4.69, 9.17) is 5.73 Å². The summed E-state index contributed by atoms with van der Waals surface area (Å²) in [6, 6.07) is 8.53. The standard InChI is InChI=1S/C7H7NO.K/c8-7(9)6-4-2-1-3-5-6;/h1-5H,(H2,8,9);/q;+1/p-1. The molecule has 3 heteroatoms. The average molecular weight is 159 g/mol. The average Bonchev–Trinajstić information content (AvgIpc) is 1.90. The summed E-state index contributed by atoms with van der Waals surface area (Å²) < 4.78 is 0. The molecule has 0 unspecified atom stereocenters. The maximum atomic E-state index is 10.3. The zero-order chi connectivity index (χ0) is 6.69. The van der Waals surface area contributed by atoms with E-state index < -0.39 is 5.91 Å². The SMILES string of the molecule is [K+].[NH-]C(=O)c1ccccc1. The van der Waals surface area contributed by atoms with Gasteiger partial charge < -0.3 is 10.5 Å². The summed E-state index contributed by atoms with van der Waals surface area (Å²) in [6.45, 7) is 0. The molecule has 1 aromatic rings. The summed E-state index contributed by atoms with van der Waals surface area (Å²) in [6.07, 6.45) is 0. The van der Waals surface area contributed by atoms with Gasteiger partial charge >= 0.3 is 51.4 Å². The fourth-order valence-electron chi connectivity index (χ4n) is 0.590. The predicted octanol–water partition coefficient (Wildman–Crippen LogP) is -1.12. The quantitative estimate of drug-likeness (QED) is 0.479. The number of carbonyl (C=O) groups is 1. The number of benzene rings is 1. The molecule has 0 heterocycles. The van der Waals surface area contributed by atoms with Crippen molar-refractivity contribution in [3.05, 3.63) is 41.6 Å². The summed E-state index contributed by atoms with van der Waals surface area (Å²) in [4.78, 5) is 10.3. The van der Waals surface area contributed by atoms with E-state index in [9.17, 15) is 4.79 Å². The van der Waals surface area contributed by atoms with Gasteiger partial charge in [0.15, 0.2) is 0 Å². The van der Waals surface area contributed by atoms with Crippen molar-refractivity contribution in [1.82, 2.24) is 0 Å². The normalized spacial score (nSPS) is 8.00. The molecule has 0 aliphatic heterocycles. The van der Waals surface area contributed by atoms with Gasteiger partial charge in [0.2, 0.25) is 0 Å². The molecule has 0 bridgehead atoms. The van der Waals surface area contributed by atoms with Crippen molar-refractivity contribution in [3.63, 3.8) is 0 Å². The molecule has 2 nitrogen and oxygen atoms in total. The summed E-state index contributed by atoms with van der Waals surface area (Å²) in [5, 5.41) is 0. The first-order valence-electron chi connectivity index (χ1n) is 2.61. The molecule has 46 valence electrons. The summed E-state index contributed by atoms with van der Waals surface area (Å²) in [7, 11) is 0. The van der Waals surface area contributed by atoms with Gasteiger partial charge in [-0.15, -0.1) is 0 Å². The Hall–Kier alpha value is 0.326. The Kier molecular flexibility index (Phi) is 5.20. The molecule has 0 atom stereocenters. The first kappa shape index (κ1) is 10.3. The van der Waals surface area contributed by atoms with Gasteiger partial charge in [0.25, 0.3) is 0 Å². The first-order valence-corrected chi connectivity index (χ1v) is 2.61. The molecule has 0 fully saturated rings. The van der Waals surface area contributed by atoms with Crippen molar-refractivity contribution >= 4 is 5.91 Å². The molecule has 0 aliphatic carbocycles. The molecule has 0 aromatic heterocycles. The smallest absolute Gasteiger partial charge is 0.664 e. The van der Waals surface area contributed by atoms with E-state index in [1.807, 2.05) is 6.07 Å². The first-order chi connectivity index (χ1) is 4.30. The van der Waals surface area contributed by atoms with Gasteiger partial charge in [-0.2, -0.15) is 0 Å². The van der Waals surface area contributed by atoms with Crippen LogP contribution in [0.1, 0.15) is 10.4 Å². The molecule has 0 saturated carbocycles. The van der Waals surface area contributed by atoms with E-state index in [2.05, 4.69) is 0 Å². The van der Waals surface area contributed by atoms with Crippen LogP contribution in [0.5, 0.6) is 0 Å². The van der Waals surface area contributed by atoms with Crippen LogP contribution in [-0.2, 0) is 0 Å². The second kappa shape index (κ2) is 5.04. The van der Waals surface area contributed by atoms with Crippen molar-refractivity contribution in [2.75, 3.05) is 0 Å². The maximum absolute atomic E-state index is 10.3. The third kappa shape index (κ3) is 2.94. The summed E-state index contributed by atoms with van der Waals surface area (Å²) in [5.74, 6) is -0.629. The second-order valence-electron chi connectivity index (χ2n) is 1.70. The molecule has 1 rings (SSSR count). The van der Waals surface area contributed by atoms with E-state index in [-0.39, 0.29) is 51.4 Å². The Balaban J connectivity index is 0.000000810. The van der Waals surface area contributed by atoms with Gasteiger partial charge in [-0.05, 0) is 5.56 Å². The van der Waals surface area contributed by atoms with Gasteiger partial charge in [0, 0.05) is 0 Å². The van der Waals surface area contributed by atoms with Crippen molar-refractivity contribution in [3.8, 4) is 0 Å². The number of nitrogens with one attached hydrogen (secondary N) is 1. The topological polar surface area (TPSA) is 40.9 Å². The fraction of sp³-hybridized carbons (Fsp3) is 0. The van der Waals surface area contributed by atoms with Crippen LogP contribution in [0.15, 0.2) is 30.3 Å². The molecule has 0 saturated heterocycles. The van der Waals surface area contributed by atoms with Crippen molar-refractivity contribution in [2.45, 2.75) is 0 Å². The van der Waals surface area contributed by atoms with Crippen LogP contribution in [0.4, 0.5) is 0 Å². The van der Waals surface area contributed by atoms with Crippen LogP contribution in [-0.4, -0.2) is 5.91 Å². The van der Waals surface area contributed by atoms with Crippen LogP contribution in [0.2, 0.25) is 0 Å². The monoisotopic (exact) mass is 159 g/mol. The van der Waals surface area contributed by atoms with Gasteiger partial charge in [-0.1, -0.05) is 30.3 Å². The van der Waals surface area contributed by atoms with E-state index >= 15 is 0 Å².